The van der Waals surface area contributed by atoms with Gasteiger partial charge in [0.1, 0.15) is 6.54 Å². The number of rotatable bonds is 5. The monoisotopic (exact) mass is 265 g/mol. The molecular weight excluding hydrogens is 250 g/mol. The van der Waals surface area contributed by atoms with E-state index in [2.05, 4.69) is 10.6 Å². The van der Waals surface area contributed by atoms with Gasteiger partial charge in [0.25, 0.3) is 5.91 Å². The van der Waals surface area contributed by atoms with E-state index in [0.717, 1.165) is 0 Å². The molecule has 0 aliphatic carbocycles. The number of benzene rings is 1. The van der Waals surface area contributed by atoms with Gasteiger partial charge in [0, 0.05) is 11.3 Å². The fraction of sp³-hybridized carbons (Fsp3) is 0.250. The minimum Gasteiger partial charge on any atom is -0.480 e. The number of aliphatic carboxylic acids is 1. The third kappa shape index (κ3) is 4.76. The Labute approximate surface area is 109 Å². The highest BCUT2D eigenvalue weighted by atomic mass is 16.4. The van der Waals surface area contributed by atoms with Crippen LogP contribution in [0.3, 0.4) is 0 Å². The van der Waals surface area contributed by atoms with E-state index >= 15 is 0 Å². The Balaban J connectivity index is 2.63. The summed E-state index contributed by atoms with van der Waals surface area (Å²) in [5, 5.41) is 13.2. The lowest BCUT2D eigenvalue weighted by Gasteiger charge is -2.08. The van der Waals surface area contributed by atoms with Gasteiger partial charge in [0.2, 0.25) is 5.91 Å². The number of carbonyl (C=O) groups is 3. The maximum Gasteiger partial charge on any atom is 0.322 e. The summed E-state index contributed by atoms with van der Waals surface area (Å²) in [6, 6.07) is 5.41. The van der Waals surface area contributed by atoms with Crippen LogP contribution in [0.2, 0.25) is 0 Å². The predicted octanol–water partition coefficient (Wildman–Crippen LogP) is -0.213. The molecule has 0 saturated heterocycles. The van der Waals surface area contributed by atoms with E-state index in [0.29, 0.717) is 11.3 Å². The second-order valence-corrected chi connectivity index (χ2v) is 3.93. The number of carbonyl (C=O) groups excluding carboxylic acids is 2. The number of amides is 2. The van der Waals surface area contributed by atoms with E-state index in [1.165, 1.54) is 24.3 Å². The number of carboxylic acids is 1. The summed E-state index contributed by atoms with van der Waals surface area (Å²) in [6.45, 7) is 1.12. The van der Waals surface area contributed by atoms with Crippen molar-refractivity contribution in [3.8, 4) is 0 Å². The van der Waals surface area contributed by atoms with E-state index in [4.69, 9.17) is 10.8 Å². The van der Waals surface area contributed by atoms with Gasteiger partial charge < -0.3 is 21.5 Å². The van der Waals surface area contributed by atoms with Gasteiger partial charge in [-0.05, 0) is 31.2 Å². The first kappa shape index (κ1) is 14.7. The fourth-order valence-corrected chi connectivity index (χ4v) is 1.22. The Morgan fingerprint density at radius 3 is 2.32 bits per heavy atom. The summed E-state index contributed by atoms with van der Waals surface area (Å²) in [4.78, 5) is 33.1. The Bertz CT molecular complexity index is 482. The first-order valence-electron chi connectivity index (χ1n) is 5.56. The van der Waals surface area contributed by atoms with Crippen LogP contribution in [0.5, 0.6) is 0 Å². The van der Waals surface area contributed by atoms with Crippen molar-refractivity contribution in [2.24, 2.45) is 5.73 Å². The molecule has 0 radical (unpaired) electrons. The zero-order chi connectivity index (χ0) is 14.4. The van der Waals surface area contributed by atoms with Gasteiger partial charge in [-0.15, -0.1) is 0 Å². The van der Waals surface area contributed by atoms with Crippen LogP contribution in [-0.2, 0) is 9.59 Å². The second kappa shape index (κ2) is 6.50. The smallest absolute Gasteiger partial charge is 0.322 e. The van der Waals surface area contributed by atoms with Gasteiger partial charge >= 0.3 is 5.97 Å². The van der Waals surface area contributed by atoms with Crippen LogP contribution in [0.15, 0.2) is 24.3 Å². The molecule has 0 aromatic heterocycles. The lowest BCUT2D eigenvalue weighted by Crippen LogP contribution is -2.32. The van der Waals surface area contributed by atoms with Crippen molar-refractivity contribution in [1.82, 2.24) is 5.32 Å². The highest BCUT2D eigenvalue weighted by molar-refractivity contribution is 5.97. The molecule has 0 unspecified atom stereocenters. The first-order chi connectivity index (χ1) is 8.90. The molecule has 0 bridgehead atoms. The highest BCUT2D eigenvalue weighted by Gasteiger charge is 2.09. The van der Waals surface area contributed by atoms with Crippen molar-refractivity contribution in [1.29, 1.82) is 0 Å². The molecule has 2 amide bonds. The molecule has 7 heteroatoms. The second-order valence-electron chi connectivity index (χ2n) is 3.93. The molecule has 7 nitrogen and oxygen atoms in total. The molecule has 5 N–H and O–H groups in total. The zero-order valence-electron chi connectivity index (χ0n) is 10.3. The molecule has 1 rings (SSSR count). The molecule has 0 saturated carbocycles. The standard InChI is InChI=1S/C12H15N3O4/c1-7(13)11(18)15-9-4-2-8(3-5-9)12(19)14-6-10(16)17/h2-5,7H,6,13H2,1H3,(H,14,19)(H,15,18)(H,16,17)/t7-/m0/s1. The molecule has 1 aromatic rings. The molecule has 102 valence electrons. The number of hydrogen-bond donors (Lipinski definition) is 4. The van der Waals surface area contributed by atoms with Gasteiger partial charge in [0.05, 0.1) is 6.04 Å². The number of anilines is 1. The minimum atomic E-state index is -1.12. The Hall–Kier alpha value is -2.41. The summed E-state index contributed by atoms with van der Waals surface area (Å²) in [7, 11) is 0. The van der Waals surface area contributed by atoms with Crippen molar-refractivity contribution < 1.29 is 19.5 Å². The maximum atomic E-state index is 11.5. The topological polar surface area (TPSA) is 122 Å². The molecule has 0 aliphatic rings. The van der Waals surface area contributed by atoms with Crippen molar-refractivity contribution >= 4 is 23.5 Å². The van der Waals surface area contributed by atoms with Crippen molar-refractivity contribution in [2.45, 2.75) is 13.0 Å². The van der Waals surface area contributed by atoms with E-state index < -0.39 is 24.5 Å². The van der Waals surface area contributed by atoms with Gasteiger partial charge in [-0.3, -0.25) is 14.4 Å². The van der Waals surface area contributed by atoms with Gasteiger partial charge in [-0.1, -0.05) is 0 Å². The fourth-order valence-electron chi connectivity index (χ4n) is 1.22. The van der Waals surface area contributed by atoms with Crippen LogP contribution in [0.25, 0.3) is 0 Å². The van der Waals surface area contributed by atoms with Crippen LogP contribution in [0.1, 0.15) is 17.3 Å². The van der Waals surface area contributed by atoms with Crippen LogP contribution < -0.4 is 16.4 Å². The van der Waals surface area contributed by atoms with Crippen LogP contribution >= 0.6 is 0 Å². The first-order valence-corrected chi connectivity index (χ1v) is 5.56. The number of carboxylic acid groups (broad SMARTS) is 1. The van der Waals surface area contributed by atoms with Crippen LogP contribution in [-0.4, -0.2) is 35.5 Å². The Morgan fingerprint density at radius 1 is 1.26 bits per heavy atom. The average Bonchev–Trinajstić information content (AvgIpc) is 2.36. The lowest BCUT2D eigenvalue weighted by molar-refractivity contribution is -0.135. The number of hydrogen-bond acceptors (Lipinski definition) is 4. The number of nitrogens with two attached hydrogens (primary N) is 1. The molecule has 0 fully saturated rings. The minimum absolute atomic E-state index is 0.306. The summed E-state index contributed by atoms with van der Waals surface area (Å²) >= 11 is 0. The summed E-state index contributed by atoms with van der Waals surface area (Å²) in [5.41, 5.74) is 6.21. The molecule has 1 aromatic carbocycles. The summed E-state index contributed by atoms with van der Waals surface area (Å²) in [6.07, 6.45) is 0. The molecule has 1 atom stereocenters. The largest absolute Gasteiger partial charge is 0.480 e. The van der Waals surface area contributed by atoms with Crippen molar-refractivity contribution in [3.05, 3.63) is 29.8 Å². The molecule has 0 aliphatic heterocycles. The van der Waals surface area contributed by atoms with Crippen molar-refractivity contribution in [3.63, 3.8) is 0 Å². The average molecular weight is 265 g/mol. The van der Waals surface area contributed by atoms with Crippen LogP contribution in [0.4, 0.5) is 5.69 Å². The SMILES string of the molecule is C[C@H](N)C(=O)Nc1ccc(C(=O)NCC(=O)O)cc1. The summed E-state index contributed by atoms with van der Waals surface area (Å²) < 4.78 is 0. The van der Waals surface area contributed by atoms with Gasteiger partial charge in [0.15, 0.2) is 0 Å². The molecular formula is C12H15N3O4. The maximum absolute atomic E-state index is 11.5. The quantitative estimate of drug-likeness (QED) is 0.586. The van der Waals surface area contributed by atoms with Gasteiger partial charge in [-0.25, -0.2) is 0 Å². The molecule has 0 heterocycles. The highest BCUT2D eigenvalue weighted by Crippen LogP contribution is 2.09. The van der Waals surface area contributed by atoms with E-state index in [1.807, 2.05) is 0 Å². The summed E-state index contributed by atoms with van der Waals surface area (Å²) in [5.74, 6) is -1.94. The Kier molecular flexibility index (Phi) is 5.01. The van der Waals surface area contributed by atoms with E-state index in [1.54, 1.807) is 6.92 Å². The van der Waals surface area contributed by atoms with E-state index in [-0.39, 0.29) is 5.91 Å². The third-order valence-electron chi connectivity index (χ3n) is 2.23. The normalized spacial score (nSPS) is 11.5. The van der Waals surface area contributed by atoms with Crippen molar-refractivity contribution in [2.75, 3.05) is 11.9 Å². The molecule has 19 heavy (non-hydrogen) atoms. The molecule has 0 spiro atoms. The third-order valence-corrected chi connectivity index (χ3v) is 2.23. The lowest BCUT2D eigenvalue weighted by atomic mass is 10.2. The van der Waals surface area contributed by atoms with Crippen LogP contribution in [0, 0.1) is 0 Å². The Morgan fingerprint density at radius 2 is 1.84 bits per heavy atom. The zero-order valence-corrected chi connectivity index (χ0v) is 10.3. The predicted molar refractivity (Wildman–Crippen MR) is 68.7 cm³/mol. The van der Waals surface area contributed by atoms with E-state index in [9.17, 15) is 14.4 Å². The number of nitrogens with one attached hydrogen (secondary N) is 2. The van der Waals surface area contributed by atoms with Gasteiger partial charge in [-0.2, -0.15) is 0 Å².